The SMILES string of the molecule is O=C(O)CCNC(=O)c1cc(I)ccc1Nc1ccc(Cl)cc1. The van der Waals surface area contributed by atoms with Crippen LogP contribution in [0.5, 0.6) is 0 Å². The first-order valence-corrected chi connectivity index (χ1v) is 8.23. The fraction of sp³-hybridized carbons (Fsp3) is 0.125. The molecule has 7 heteroatoms. The van der Waals surface area contributed by atoms with Crippen molar-refractivity contribution in [2.45, 2.75) is 6.42 Å². The predicted octanol–water partition coefficient (Wildman–Crippen LogP) is 3.89. The highest BCUT2D eigenvalue weighted by atomic mass is 127. The molecule has 0 fully saturated rings. The fourth-order valence-electron chi connectivity index (χ4n) is 1.88. The lowest BCUT2D eigenvalue weighted by atomic mass is 10.1. The Morgan fingerprint density at radius 2 is 1.83 bits per heavy atom. The summed E-state index contributed by atoms with van der Waals surface area (Å²) in [5, 5.41) is 15.0. The number of benzene rings is 2. The number of carboxylic acids is 1. The van der Waals surface area contributed by atoms with E-state index in [1.165, 1.54) is 0 Å². The number of rotatable bonds is 6. The second-order valence-corrected chi connectivity index (χ2v) is 6.40. The molecule has 23 heavy (non-hydrogen) atoms. The van der Waals surface area contributed by atoms with Gasteiger partial charge in [0.2, 0.25) is 0 Å². The number of hydrogen-bond acceptors (Lipinski definition) is 3. The Labute approximate surface area is 152 Å². The van der Waals surface area contributed by atoms with Gasteiger partial charge < -0.3 is 15.7 Å². The van der Waals surface area contributed by atoms with Crippen LogP contribution in [-0.4, -0.2) is 23.5 Å². The second-order valence-electron chi connectivity index (χ2n) is 4.72. The molecule has 0 bridgehead atoms. The highest BCUT2D eigenvalue weighted by molar-refractivity contribution is 14.1. The van der Waals surface area contributed by atoms with Crippen LogP contribution in [0.1, 0.15) is 16.8 Å². The van der Waals surface area contributed by atoms with E-state index in [4.69, 9.17) is 16.7 Å². The summed E-state index contributed by atoms with van der Waals surface area (Å²) in [7, 11) is 0. The molecule has 120 valence electrons. The maximum atomic E-state index is 12.3. The van der Waals surface area contributed by atoms with Gasteiger partial charge in [-0.05, 0) is 65.1 Å². The van der Waals surface area contributed by atoms with Gasteiger partial charge in [-0.2, -0.15) is 0 Å². The van der Waals surface area contributed by atoms with Crippen molar-refractivity contribution in [3.05, 3.63) is 56.6 Å². The van der Waals surface area contributed by atoms with Crippen molar-refractivity contribution in [2.24, 2.45) is 0 Å². The van der Waals surface area contributed by atoms with E-state index in [2.05, 4.69) is 33.2 Å². The number of carbonyl (C=O) groups is 2. The Hall–Kier alpha value is -1.80. The molecule has 0 unspecified atom stereocenters. The van der Waals surface area contributed by atoms with Crippen LogP contribution in [0.3, 0.4) is 0 Å². The minimum Gasteiger partial charge on any atom is -0.481 e. The van der Waals surface area contributed by atoms with Gasteiger partial charge in [-0.25, -0.2) is 0 Å². The highest BCUT2D eigenvalue weighted by Crippen LogP contribution is 2.24. The molecule has 0 aliphatic carbocycles. The van der Waals surface area contributed by atoms with Gasteiger partial charge >= 0.3 is 5.97 Å². The Bertz CT molecular complexity index is 720. The van der Waals surface area contributed by atoms with E-state index in [1.54, 1.807) is 18.2 Å². The van der Waals surface area contributed by atoms with Crippen molar-refractivity contribution in [1.29, 1.82) is 0 Å². The number of hydrogen-bond donors (Lipinski definition) is 3. The Morgan fingerprint density at radius 3 is 2.48 bits per heavy atom. The predicted molar refractivity (Wildman–Crippen MR) is 98.5 cm³/mol. The topological polar surface area (TPSA) is 78.4 Å². The van der Waals surface area contributed by atoms with E-state index in [1.807, 2.05) is 24.3 Å². The first kappa shape index (κ1) is 17.6. The Morgan fingerprint density at radius 1 is 1.13 bits per heavy atom. The van der Waals surface area contributed by atoms with Crippen molar-refractivity contribution in [3.63, 3.8) is 0 Å². The van der Waals surface area contributed by atoms with E-state index in [-0.39, 0.29) is 18.9 Å². The van der Waals surface area contributed by atoms with E-state index >= 15 is 0 Å². The smallest absolute Gasteiger partial charge is 0.305 e. The van der Waals surface area contributed by atoms with Crippen LogP contribution >= 0.6 is 34.2 Å². The molecular formula is C16H14ClIN2O3. The molecule has 0 saturated heterocycles. The van der Waals surface area contributed by atoms with Crippen molar-refractivity contribution in [2.75, 3.05) is 11.9 Å². The number of carboxylic acid groups (broad SMARTS) is 1. The van der Waals surface area contributed by atoms with Gasteiger partial charge in [0, 0.05) is 20.8 Å². The van der Waals surface area contributed by atoms with Gasteiger partial charge in [0.25, 0.3) is 5.91 Å². The summed E-state index contributed by atoms with van der Waals surface area (Å²) in [6, 6.07) is 12.6. The van der Waals surface area contributed by atoms with Crippen LogP contribution in [0.25, 0.3) is 0 Å². The third kappa shape index (κ3) is 5.40. The zero-order chi connectivity index (χ0) is 16.8. The van der Waals surface area contributed by atoms with E-state index < -0.39 is 5.97 Å². The minimum absolute atomic E-state index is 0.0834. The first-order valence-electron chi connectivity index (χ1n) is 6.78. The maximum absolute atomic E-state index is 12.3. The molecule has 0 aliphatic rings. The molecule has 2 aromatic rings. The number of amides is 1. The van der Waals surface area contributed by atoms with Gasteiger partial charge in [0.15, 0.2) is 0 Å². The number of nitrogens with one attached hydrogen (secondary N) is 2. The zero-order valence-corrected chi connectivity index (χ0v) is 14.9. The summed E-state index contributed by atoms with van der Waals surface area (Å²) in [6.45, 7) is 0.0834. The van der Waals surface area contributed by atoms with Crippen LogP contribution in [-0.2, 0) is 4.79 Å². The van der Waals surface area contributed by atoms with Crippen LogP contribution in [0.2, 0.25) is 5.02 Å². The quantitative estimate of drug-likeness (QED) is 0.591. The second kappa shape index (κ2) is 8.16. The molecule has 0 aliphatic heterocycles. The van der Waals surface area contributed by atoms with Crippen molar-refractivity contribution < 1.29 is 14.7 Å². The molecule has 0 heterocycles. The monoisotopic (exact) mass is 444 g/mol. The standard InChI is InChI=1S/C16H14ClIN2O3/c17-10-1-4-12(5-2-10)20-14-6-3-11(18)9-13(14)16(23)19-8-7-15(21)22/h1-6,9,20H,7-8H2,(H,19,23)(H,21,22). The maximum Gasteiger partial charge on any atom is 0.305 e. The summed E-state index contributed by atoms with van der Waals surface area (Å²) in [5.41, 5.74) is 1.90. The van der Waals surface area contributed by atoms with Crippen LogP contribution in [0.15, 0.2) is 42.5 Å². The normalized spacial score (nSPS) is 10.2. The molecule has 3 N–H and O–H groups in total. The van der Waals surface area contributed by atoms with Crippen molar-refractivity contribution in [1.82, 2.24) is 5.32 Å². The van der Waals surface area contributed by atoms with Gasteiger partial charge in [0.1, 0.15) is 0 Å². The molecule has 0 saturated carbocycles. The molecule has 0 spiro atoms. The number of anilines is 2. The van der Waals surface area contributed by atoms with Crippen molar-refractivity contribution >= 4 is 57.4 Å². The summed E-state index contributed by atoms with van der Waals surface area (Å²) in [6.07, 6.45) is -0.115. The molecule has 1 amide bonds. The average molecular weight is 445 g/mol. The van der Waals surface area contributed by atoms with Crippen LogP contribution in [0, 0.1) is 3.57 Å². The van der Waals surface area contributed by atoms with Crippen LogP contribution in [0.4, 0.5) is 11.4 Å². The van der Waals surface area contributed by atoms with E-state index in [0.717, 1.165) is 9.26 Å². The molecule has 0 atom stereocenters. The Kier molecular flexibility index (Phi) is 6.23. The van der Waals surface area contributed by atoms with E-state index in [0.29, 0.717) is 16.3 Å². The van der Waals surface area contributed by atoms with Gasteiger partial charge in [-0.1, -0.05) is 11.6 Å². The number of aliphatic carboxylic acids is 1. The third-order valence-corrected chi connectivity index (χ3v) is 3.90. The van der Waals surface area contributed by atoms with Crippen LogP contribution < -0.4 is 10.6 Å². The minimum atomic E-state index is -0.951. The third-order valence-electron chi connectivity index (χ3n) is 2.97. The number of halogens is 2. The molecular weight excluding hydrogens is 431 g/mol. The lowest BCUT2D eigenvalue weighted by Crippen LogP contribution is -2.26. The Balaban J connectivity index is 2.17. The molecule has 2 rings (SSSR count). The lowest BCUT2D eigenvalue weighted by Gasteiger charge is -2.13. The number of carbonyl (C=O) groups excluding carboxylic acids is 1. The zero-order valence-electron chi connectivity index (χ0n) is 12.0. The first-order chi connectivity index (χ1) is 11.0. The van der Waals surface area contributed by atoms with Crippen molar-refractivity contribution in [3.8, 4) is 0 Å². The highest BCUT2D eigenvalue weighted by Gasteiger charge is 2.12. The average Bonchev–Trinajstić information content (AvgIpc) is 2.50. The van der Waals surface area contributed by atoms with E-state index in [9.17, 15) is 9.59 Å². The van der Waals surface area contributed by atoms with Gasteiger partial charge in [-0.15, -0.1) is 0 Å². The summed E-state index contributed by atoms with van der Waals surface area (Å²) < 4.78 is 0.910. The largest absolute Gasteiger partial charge is 0.481 e. The molecule has 0 radical (unpaired) electrons. The molecule has 5 nitrogen and oxygen atoms in total. The van der Waals surface area contributed by atoms with Gasteiger partial charge in [0.05, 0.1) is 17.7 Å². The molecule has 2 aromatic carbocycles. The summed E-state index contributed by atoms with van der Waals surface area (Å²) in [4.78, 5) is 22.8. The lowest BCUT2D eigenvalue weighted by molar-refractivity contribution is -0.136. The molecule has 0 aromatic heterocycles. The summed E-state index contributed by atoms with van der Waals surface area (Å²) >= 11 is 7.98. The fourth-order valence-corrected chi connectivity index (χ4v) is 2.50. The summed E-state index contributed by atoms with van der Waals surface area (Å²) in [5.74, 6) is -1.27. The van der Waals surface area contributed by atoms with Gasteiger partial charge in [-0.3, -0.25) is 9.59 Å².